The third-order valence-corrected chi connectivity index (χ3v) is 4.14. The molecule has 0 unspecified atom stereocenters. The highest BCUT2D eigenvalue weighted by Crippen LogP contribution is 2.22. The van der Waals surface area contributed by atoms with Gasteiger partial charge < -0.3 is 9.84 Å². The summed E-state index contributed by atoms with van der Waals surface area (Å²) in [5.74, 6) is 1.10. The summed E-state index contributed by atoms with van der Waals surface area (Å²) in [5, 5.41) is 10.9. The number of aryl methyl sites for hydroxylation is 1. The number of amides is 1. The second kappa shape index (κ2) is 6.31. The van der Waals surface area contributed by atoms with Gasteiger partial charge >= 0.3 is 0 Å². The fourth-order valence-corrected chi connectivity index (χ4v) is 2.99. The molecular formula is C15H21N5O2. The average molecular weight is 303 g/mol. The Morgan fingerprint density at radius 3 is 3.14 bits per heavy atom. The maximum atomic E-state index is 12.4. The van der Waals surface area contributed by atoms with Gasteiger partial charge in [-0.3, -0.25) is 14.4 Å². The predicted molar refractivity (Wildman–Crippen MR) is 81.3 cm³/mol. The van der Waals surface area contributed by atoms with Gasteiger partial charge in [0.15, 0.2) is 5.82 Å². The van der Waals surface area contributed by atoms with Crippen molar-refractivity contribution in [1.82, 2.24) is 19.8 Å². The Balaban J connectivity index is 1.62. The molecule has 118 valence electrons. The summed E-state index contributed by atoms with van der Waals surface area (Å²) in [6, 6.07) is 3.76. The SMILES string of the molecule is Cc1cc(NC(=O)[C@@H](C)N2CCC[C@H]2Cn2cccn2)no1. The number of nitrogens with one attached hydrogen (secondary N) is 1. The van der Waals surface area contributed by atoms with Gasteiger partial charge in [0, 0.05) is 24.5 Å². The zero-order valence-electron chi connectivity index (χ0n) is 12.9. The quantitative estimate of drug-likeness (QED) is 0.909. The standard InChI is InChI=1S/C15H21N5O2/c1-11-9-14(18-22-11)17-15(21)12(2)20-8-3-5-13(20)10-19-7-4-6-16-19/h4,6-7,9,12-13H,3,5,8,10H2,1-2H3,(H,17,18,21)/t12-,13+/m1/s1. The van der Waals surface area contributed by atoms with Gasteiger partial charge in [0.1, 0.15) is 5.76 Å². The molecule has 1 aliphatic rings. The molecule has 0 aromatic carbocycles. The van der Waals surface area contributed by atoms with Gasteiger partial charge in [0.2, 0.25) is 5.91 Å². The molecule has 3 heterocycles. The Labute approximate surface area is 129 Å². The fraction of sp³-hybridized carbons (Fsp3) is 0.533. The van der Waals surface area contributed by atoms with Gasteiger partial charge in [0.25, 0.3) is 0 Å². The smallest absolute Gasteiger partial charge is 0.242 e. The topological polar surface area (TPSA) is 76.2 Å². The van der Waals surface area contributed by atoms with E-state index < -0.39 is 0 Å². The zero-order valence-corrected chi connectivity index (χ0v) is 12.9. The Kier molecular flexibility index (Phi) is 4.24. The van der Waals surface area contributed by atoms with Gasteiger partial charge in [-0.05, 0) is 39.3 Å². The Bertz CT molecular complexity index is 622. The predicted octanol–water partition coefficient (Wildman–Crippen LogP) is 1.67. The van der Waals surface area contributed by atoms with Crippen LogP contribution >= 0.6 is 0 Å². The minimum Gasteiger partial charge on any atom is -0.360 e. The number of aromatic nitrogens is 3. The van der Waals surface area contributed by atoms with E-state index in [-0.39, 0.29) is 11.9 Å². The van der Waals surface area contributed by atoms with E-state index in [1.165, 1.54) is 0 Å². The molecule has 0 bridgehead atoms. The minimum absolute atomic E-state index is 0.0549. The molecule has 1 aliphatic heterocycles. The first-order valence-electron chi connectivity index (χ1n) is 7.61. The summed E-state index contributed by atoms with van der Waals surface area (Å²) in [6.07, 6.45) is 5.93. The molecule has 1 fully saturated rings. The number of anilines is 1. The van der Waals surface area contributed by atoms with Crippen LogP contribution in [0.4, 0.5) is 5.82 Å². The molecule has 0 radical (unpaired) electrons. The summed E-state index contributed by atoms with van der Waals surface area (Å²) in [4.78, 5) is 14.6. The Morgan fingerprint density at radius 2 is 2.45 bits per heavy atom. The summed E-state index contributed by atoms with van der Waals surface area (Å²) >= 11 is 0. The molecule has 2 aromatic heterocycles. The fourth-order valence-electron chi connectivity index (χ4n) is 2.99. The van der Waals surface area contributed by atoms with E-state index in [0.717, 1.165) is 25.9 Å². The number of hydrogen-bond donors (Lipinski definition) is 1. The second-order valence-electron chi connectivity index (χ2n) is 5.75. The summed E-state index contributed by atoms with van der Waals surface area (Å²) < 4.78 is 6.90. The largest absolute Gasteiger partial charge is 0.360 e. The number of carbonyl (C=O) groups is 1. The van der Waals surface area contributed by atoms with Gasteiger partial charge in [0.05, 0.1) is 12.6 Å². The van der Waals surface area contributed by atoms with Crippen molar-refractivity contribution in [3.8, 4) is 0 Å². The van der Waals surface area contributed by atoms with Crippen LogP contribution < -0.4 is 5.32 Å². The summed E-state index contributed by atoms with van der Waals surface area (Å²) in [6.45, 7) is 5.47. The lowest BCUT2D eigenvalue weighted by Gasteiger charge is -2.29. The van der Waals surface area contributed by atoms with E-state index in [1.807, 2.05) is 23.9 Å². The summed E-state index contributed by atoms with van der Waals surface area (Å²) in [7, 11) is 0. The van der Waals surface area contributed by atoms with Crippen LogP contribution in [-0.2, 0) is 11.3 Å². The number of likely N-dealkylation sites (tertiary alicyclic amines) is 1. The number of nitrogens with zero attached hydrogens (tertiary/aromatic N) is 4. The highest BCUT2D eigenvalue weighted by atomic mass is 16.5. The first kappa shape index (κ1) is 14.8. The maximum absolute atomic E-state index is 12.4. The van der Waals surface area contributed by atoms with Crippen molar-refractivity contribution in [3.05, 3.63) is 30.3 Å². The van der Waals surface area contributed by atoms with Crippen LogP contribution in [0.5, 0.6) is 0 Å². The normalized spacial score (nSPS) is 20.2. The highest BCUT2D eigenvalue weighted by molar-refractivity contribution is 5.93. The van der Waals surface area contributed by atoms with Crippen molar-refractivity contribution in [1.29, 1.82) is 0 Å². The summed E-state index contributed by atoms with van der Waals surface area (Å²) in [5.41, 5.74) is 0. The molecule has 0 saturated carbocycles. The number of hydrogen-bond acceptors (Lipinski definition) is 5. The average Bonchev–Trinajstić information content (AvgIpc) is 3.21. The first-order valence-corrected chi connectivity index (χ1v) is 7.61. The molecule has 7 nitrogen and oxygen atoms in total. The van der Waals surface area contributed by atoms with Gasteiger partial charge in [-0.1, -0.05) is 5.16 Å². The number of carbonyl (C=O) groups excluding carboxylic acids is 1. The van der Waals surface area contributed by atoms with Crippen molar-refractivity contribution in [2.45, 2.75) is 45.3 Å². The monoisotopic (exact) mass is 303 g/mol. The molecule has 2 atom stereocenters. The molecule has 1 amide bonds. The van der Waals surface area contributed by atoms with E-state index in [9.17, 15) is 4.79 Å². The maximum Gasteiger partial charge on any atom is 0.242 e. The lowest BCUT2D eigenvalue weighted by molar-refractivity contribution is -0.121. The van der Waals surface area contributed by atoms with Crippen LogP contribution in [0.3, 0.4) is 0 Å². The van der Waals surface area contributed by atoms with Crippen LogP contribution in [0.15, 0.2) is 29.0 Å². The molecule has 0 aliphatic carbocycles. The zero-order chi connectivity index (χ0) is 15.5. The molecule has 1 N–H and O–H groups in total. The van der Waals surface area contributed by atoms with Crippen LogP contribution in [-0.4, -0.2) is 44.4 Å². The van der Waals surface area contributed by atoms with Gasteiger partial charge in [-0.15, -0.1) is 0 Å². The van der Waals surface area contributed by atoms with Crippen LogP contribution in [0.2, 0.25) is 0 Å². The third-order valence-electron chi connectivity index (χ3n) is 4.14. The Morgan fingerprint density at radius 1 is 1.59 bits per heavy atom. The lowest BCUT2D eigenvalue weighted by atomic mass is 10.2. The molecular weight excluding hydrogens is 282 g/mol. The van der Waals surface area contributed by atoms with E-state index in [4.69, 9.17) is 4.52 Å². The second-order valence-corrected chi connectivity index (χ2v) is 5.75. The van der Waals surface area contributed by atoms with E-state index in [1.54, 1.807) is 19.2 Å². The van der Waals surface area contributed by atoms with Crippen LogP contribution in [0.25, 0.3) is 0 Å². The van der Waals surface area contributed by atoms with Crippen molar-refractivity contribution >= 4 is 11.7 Å². The van der Waals surface area contributed by atoms with Crippen molar-refractivity contribution < 1.29 is 9.32 Å². The minimum atomic E-state index is -0.208. The third kappa shape index (κ3) is 3.19. The van der Waals surface area contributed by atoms with Crippen molar-refractivity contribution in [3.63, 3.8) is 0 Å². The van der Waals surface area contributed by atoms with Crippen molar-refractivity contribution in [2.24, 2.45) is 0 Å². The van der Waals surface area contributed by atoms with E-state index in [0.29, 0.717) is 17.6 Å². The molecule has 1 saturated heterocycles. The van der Waals surface area contributed by atoms with Crippen molar-refractivity contribution in [2.75, 3.05) is 11.9 Å². The lowest BCUT2D eigenvalue weighted by Crippen LogP contribution is -2.46. The number of rotatable bonds is 5. The van der Waals surface area contributed by atoms with Crippen LogP contribution in [0, 0.1) is 6.92 Å². The van der Waals surface area contributed by atoms with E-state index >= 15 is 0 Å². The van der Waals surface area contributed by atoms with E-state index in [2.05, 4.69) is 20.5 Å². The molecule has 2 aromatic rings. The Hall–Kier alpha value is -2.15. The molecule has 7 heteroatoms. The molecule has 22 heavy (non-hydrogen) atoms. The van der Waals surface area contributed by atoms with Gasteiger partial charge in [-0.25, -0.2) is 0 Å². The molecule has 3 rings (SSSR count). The van der Waals surface area contributed by atoms with Crippen LogP contribution in [0.1, 0.15) is 25.5 Å². The van der Waals surface area contributed by atoms with Gasteiger partial charge in [-0.2, -0.15) is 5.10 Å². The molecule has 0 spiro atoms. The highest BCUT2D eigenvalue weighted by Gasteiger charge is 2.32. The first-order chi connectivity index (χ1) is 10.6.